The molecule has 1 heterocycles. The Morgan fingerprint density at radius 1 is 1.17 bits per heavy atom. The van der Waals surface area contributed by atoms with E-state index in [1.165, 1.54) is 39.0 Å². The van der Waals surface area contributed by atoms with E-state index in [9.17, 15) is 0 Å². The third kappa shape index (κ3) is 6.17. The number of rotatable bonds is 7. The van der Waals surface area contributed by atoms with Crippen LogP contribution in [0.5, 0.6) is 0 Å². The summed E-state index contributed by atoms with van der Waals surface area (Å²) in [5.41, 5.74) is 0. The van der Waals surface area contributed by atoms with Crippen LogP contribution in [-0.2, 0) is 0 Å². The van der Waals surface area contributed by atoms with E-state index in [0.29, 0.717) is 12.1 Å². The van der Waals surface area contributed by atoms with Gasteiger partial charge in [0, 0.05) is 44.8 Å². The van der Waals surface area contributed by atoms with E-state index in [-0.39, 0.29) is 0 Å². The van der Waals surface area contributed by atoms with E-state index in [2.05, 4.69) is 49.9 Å². The van der Waals surface area contributed by atoms with Gasteiger partial charge in [-0.3, -0.25) is 4.90 Å². The van der Waals surface area contributed by atoms with Crippen LogP contribution in [0.1, 0.15) is 40.5 Å². The molecule has 0 aliphatic carbocycles. The second-order valence-corrected chi connectivity index (χ2v) is 6.46. The Labute approximate surface area is 114 Å². The van der Waals surface area contributed by atoms with Gasteiger partial charge in [0.15, 0.2) is 0 Å². The van der Waals surface area contributed by atoms with Crippen molar-refractivity contribution in [2.45, 2.75) is 52.6 Å². The molecule has 0 aromatic heterocycles. The molecule has 0 amide bonds. The van der Waals surface area contributed by atoms with Crippen LogP contribution in [0.15, 0.2) is 0 Å². The zero-order valence-electron chi connectivity index (χ0n) is 13.1. The molecular weight excluding hydrogens is 222 g/mol. The summed E-state index contributed by atoms with van der Waals surface area (Å²) in [7, 11) is 2.23. The molecule has 3 heteroatoms. The Bertz CT molecular complexity index is 218. The van der Waals surface area contributed by atoms with Crippen LogP contribution in [0.3, 0.4) is 0 Å². The highest BCUT2D eigenvalue weighted by atomic mass is 15.3. The summed E-state index contributed by atoms with van der Waals surface area (Å²) in [6.07, 6.45) is 2.64. The molecule has 0 spiro atoms. The largest absolute Gasteiger partial charge is 0.313 e. The first-order valence-electron chi connectivity index (χ1n) is 7.65. The number of nitrogens with one attached hydrogen (secondary N) is 1. The Balaban J connectivity index is 2.07. The highest BCUT2D eigenvalue weighted by Gasteiger charge is 2.19. The van der Waals surface area contributed by atoms with Crippen LogP contribution >= 0.6 is 0 Å². The molecule has 18 heavy (non-hydrogen) atoms. The second kappa shape index (κ2) is 8.13. The fraction of sp³-hybridized carbons (Fsp3) is 1.00. The number of nitrogens with zero attached hydrogens (tertiary/aromatic N) is 2. The van der Waals surface area contributed by atoms with Gasteiger partial charge in [0.25, 0.3) is 0 Å². The molecule has 1 N–H and O–H groups in total. The summed E-state index contributed by atoms with van der Waals surface area (Å²) in [5.74, 6) is 0.827. The Hall–Kier alpha value is -0.120. The number of hydrogen-bond acceptors (Lipinski definition) is 3. The maximum absolute atomic E-state index is 3.66. The van der Waals surface area contributed by atoms with Crippen LogP contribution in [0.25, 0.3) is 0 Å². The van der Waals surface area contributed by atoms with Crippen molar-refractivity contribution >= 4 is 0 Å². The van der Waals surface area contributed by atoms with Crippen molar-refractivity contribution < 1.29 is 0 Å². The number of piperazine rings is 1. The van der Waals surface area contributed by atoms with Gasteiger partial charge < -0.3 is 10.2 Å². The van der Waals surface area contributed by atoms with E-state index in [1.807, 2.05) is 0 Å². The average molecular weight is 255 g/mol. The van der Waals surface area contributed by atoms with Crippen molar-refractivity contribution in [3.63, 3.8) is 0 Å². The second-order valence-electron chi connectivity index (χ2n) is 6.46. The average Bonchev–Trinajstić information content (AvgIpc) is 2.31. The lowest BCUT2D eigenvalue weighted by atomic mass is 10.0. The molecule has 2 atom stereocenters. The Morgan fingerprint density at radius 2 is 1.89 bits per heavy atom. The molecule has 1 fully saturated rings. The van der Waals surface area contributed by atoms with E-state index in [0.717, 1.165) is 12.5 Å². The highest BCUT2D eigenvalue weighted by Crippen LogP contribution is 2.07. The molecule has 0 radical (unpaired) electrons. The summed E-state index contributed by atoms with van der Waals surface area (Å²) in [4.78, 5) is 5.04. The molecule has 108 valence electrons. The van der Waals surface area contributed by atoms with Gasteiger partial charge in [-0.15, -0.1) is 0 Å². The van der Waals surface area contributed by atoms with E-state index < -0.39 is 0 Å². The van der Waals surface area contributed by atoms with Crippen LogP contribution in [0.2, 0.25) is 0 Å². The third-order valence-corrected chi connectivity index (χ3v) is 4.14. The molecule has 2 unspecified atom stereocenters. The van der Waals surface area contributed by atoms with E-state index in [4.69, 9.17) is 0 Å². The molecule has 1 aliphatic rings. The van der Waals surface area contributed by atoms with Gasteiger partial charge >= 0.3 is 0 Å². The number of hydrogen-bond donors (Lipinski definition) is 1. The van der Waals surface area contributed by atoms with Gasteiger partial charge in [0.05, 0.1) is 0 Å². The molecule has 0 bridgehead atoms. The SMILES string of the molecule is CC(C)CCC(C)NCCN1CCN(C)C(C)C1. The predicted molar refractivity (Wildman–Crippen MR) is 80.1 cm³/mol. The molecule has 0 aromatic carbocycles. The first-order valence-corrected chi connectivity index (χ1v) is 7.65. The number of likely N-dealkylation sites (N-methyl/N-ethyl adjacent to an activating group) is 1. The highest BCUT2D eigenvalue weighted by molar-refractivity contribution is 4.77. The first kappa shape index (κ1) is 15.9. The van der Waals surface area contributed by atoms with Crippen molar-refractivity contribution in [3.05, 3.63) is 0 Å². The fourth-order valence-corrected chi connectivity index (χ4v) is 2.48. The first-order chi connectivity index (χ1) is 8.49. The minimum atomic E-state index is 0.664. The lowest BCUT2D eigenvalue weighted by Gasteiger charge is -2.37. The van der Waals surface area contributed by atoms with Crippen molar-refractivity contribution in [1.82, 2.24) is 15.1 Å². The van der Waals surface area contributed by atoms with Crippen molar-refractivity contribution in [3.8, 4) is 0 Å². The zero-order chi connectivity index (χ0) is 13.5. The third-order valence-electron chi connectivity index (χ3n) is 4.14. The van der Waals surface area contributed by atoms with E-state index >= 15 is 0 Å². The lowest BCUT2D eigenvalue weighted by molar-refractivity contribution is 0.105. The maximum Gasteiger partial charge on any atom is 0.0192 e. The van der Waals surface area contributed by atoms with Crippen LogP contribution in [-0.4, -0.2) is 61.7 Å². The van der Waals surface area contributed by atoms with Crippen molar-refractivity contribution in [2.75, 3.05) is 39.8 Å². The Kier molecular flexibility index (Phi) is 7.20. The fourth-order valence-electron chi connectivity index (χ4n) is 2.48. The summed E-state index contributed by atoms with van der Waals surface area (Å²) in [6, 6.07) is 1.37. The van der Waals surface area contributed by atoms with Gasteiger partial charge in [-0.25, -0.2) is 0 Å². The van der Waals surface area contributed by atoms with Crippen LogP contribution in [0, 0.1) is 5.92 Å². The van der Waals surface area contributed by atoms with Crippen molar-refractivity contribution in [2.24, 2.45) is 5.92 Å². The smallest absolute Gasteiger partial charge is 0.0192 e. The van der Waals surface area contributed by atoms with Crippen LogP contribution < -0.4 is 5.32 Å². The van der Waals surface area contributed by atoms with Gasteiger partial charge in [0.1, 0.15) is 0 Å². The van der Waals surface area contributed by atoms with E-state index in [1.54, 1.807) is 0 Å². The molecule has 0 saturated carbocycles. The van der Waals surface area contributed by atoms with Gasteiger partial charge in [-0.2, -0.15) is 0 Å². The van der Waals surface area contributed by atoms with Crippen molar-refractivity contribution in [1.29, 1.82) is 0 Å². The quantitative estimate of drug-likeness (QED) is 0.751. The molecular formula is C15H33N3. The van der Waals surface area contributed by atoms with Gasteiger partial charge in [-0.05, 0) is 39.7 Å². The predicted octanol–water partition coefficient (Wildman–Crippen LogP) is 2.04. The zero-order valence-corrected chi connectivity index (χ0v) is 13.1. The molecule has 1 rings (SSSR count). The molecule has 1 aliphatic heterocycles. The van der Waals surface area contributed by atoms with Crippen LogP contribution in [0.4, 0.5) is 0 Å². The minimum absolute atomic E-state index is 0.664. The molecule has 1 saturated heterocycles. The monoisotopic (exact) mass is 255 g/mol. The maximum atomic E-state index is 3.66. The summed E-state index contributed by atoms with van der Waals surface area (Å²) >= 11 is 0. The normalized spacial score (nSPS) is 24.7. The molecule has 3 nitrogen and oxygen atoms in total. The Morgan fingerprint density at radius 3 is 2.50 bits per heavy atom. The minimum Gasteiger partial charge on any atom is -0.313 e. The summed E-state index contributed by atoms with van der Waals surface area (Å²) in [5, 5.41) is 3.66. The van der Waals surface area contributed by atoms with Gasteiger partial charge in [0.2, 0.25) is 0 Å². The summed E-state index contributed by atoms with van der Waals surface area (Å²) < 4.78 is 0. The van der Waals surface area contributed by atoms with Gasteiger partial charge in [-0.1, -0.05) is 13.8 Å². The standard InChI is InChI=1S/C15H33N3/c1-13(2)6-7-14(3)16-8-9-18-11-10-17(5)15(4)12-18/h13-16H,6-12H2,1-5H3. The molecule has 0 aromatic rings. The topological polar surface area (TPSA) is 18.5 Å². The lowest BCUT2D eigenvalue weighted by Crippen LogP contribution is -2.51. The summed E-state index contributed by atoms with van der Waals surface area (Å²) in [6.45, 7) is 15.2.